The van der Waals surface area contributed by atoms with E-state index in [9.17, 15) is 21.9 Å². The Balaban J connectivity index is 2.11. The molecule has 0 spiro atoms. The van der Waals surface area contributed by atoms with Crippen LogP contribution in [0.3, 0.4) is 0 Å². The second kappa shape index (κ2) is 6.89. The monoisotopic (exact) mass is 390 g/mol. The summed E-state index contributed by atoms with van der Waals surface area (Å²) in [6, 6.07) is 0.918. The van der Waals surface area contributed by atoms with E-state index >= 15 is 0 Å². The molecule has 0 saturated carbocycles. The lowest BCUT2D eigenvalue weighted by molar-refractivity contribution is -0.137. The van der Waals surface area contributed by atoms with E-state index in [2.05, 4.69) is 15.0 Å². The van der Waals surface area contributed by atoms with Crippen molar-refractivity contribution < 1.29 is 21.9 Å². The molecule has 3 rings (SSSR count). The molecular formula is C14H13F3N4O2S2. The first-order valence-electron chi connectivity index (χ1n) is 7.11. The summed E-state index contributed by atoms with van der Waals surface area (Å²) in [7, 11) is 1.60. The largest absolute Gasteiger partial charge is 0.417 e. The molecule has 1 aliphatic heterocycles. The Morgan fingerprint density at radius 3 is 2.88 bits per heavy atom. The van der Waals surface area contributed by atoms with Gasteiger partial charge in [0.15, 0.2) is 16.7 Å². The minimum atomic E-state index is -4.51. The molecule has 134 valence electrons. The van der Waals surface area contributed by atoms with E-state index < -0.39 is 22.8 Å². The molecule has 0 saturated heterocycles. The summed E-state index contributed by atoms with van der Waals surface area (Å²) in [5.41, 5.74) is -0.138. The van der Waals surface area contributed by atoms with Crippen LogP contribution >= 0.6 is 11.8 Å². The van der Waals surface area contributed by atoms with Gasteiger partial charge in [0.2, 0.25) is 0 Å². The van der Waals surface area contributed by atoms with Crippen LogP contribution in [0.25, 0.3) is 16.7 Å². The van der Waals surface area contributed by atoms with Crippen molar-refractivity contribution in [3.05, 3.63) is 29.7 Å². The molecule has 1 N–H and O–H groups in total. The Morgan fingerprint density at radius 2 is 2.28 bits per heavy atom. The molecule has 0 amide bonds. The lowest BCUT2D eigenvalue weighted by atomic mass is 10.2. The first-order chi connectivity index (χ1) is 11.8. The number of fused-ring (bicyclic) bond motifs is 1. The van der Waals surface area contributed by atoms with E-state index in [-0.39, 0.29) is 16.9 Å². The van der Waals surface area contributed by atoms with Gasteiger partial charge in [0.05, 0.1) is 16.4 Å². The van der Waals surface area contributed by atoms with Gasteiger partial charge in [-0.05, 0) is 12.1 Å². The maximum absolute atomic E-state index is 12.8. The Bertz CT molecular complexity index is 905. The highest BCUT2D eigenvalue weighted by atomic mass is 32.2. The van der Waals surface area contributed by atoms with Crippen molar-refractivity contribution in [3.63, 3.8) is 0 Å². The van der Waals surface area contributed by atoms with Crippen molar-refractivity contribution in [2.24, 2.45) is 12.0 Å². The molecule has 6 nitrogen and oxygen atoms in total. The zero-order chi connectivity index (χ0) is 18.2. The molecule has 0 radical (unpaired) electrons. The molecule has 3 heterocycles. The number of imidazole rings is 1. The fourth-order valence-corrected chi connectivity index (χ4v) is 3.69. The van der Waals surface area contributed by atoms with Gasteiger partial charge in [-0.2, -0.15) is 13.2 Å². The summed E-state index contributed by atoms with van der Waals surface area (Å²) in [5, 5.41) is 0.705. The molecule has 2 aromatic rings. The van der Waals surface area contributed by atoms with E-state index in [0.29, 0.717) is 23.0 Å². The van der Waals surface area contributed by atoms with Gasteiger partial charge >= 0.3 is 6.18 Å². The Labute approximate surface area is 147 Å². The summed E-state index contributed by atoms with van der Waals surface area (Å²) >= 11 is -0.628. The summed E-state index contributed by atoms with van der Waals surface area (Å²) in [6.07, 6.45) is -2.12. The highest BCUT2D eigenvalue weighted by molar-refractivity contribution is 8.14. The van der Waals surface area contributed by atoms with Crippen LogP contribution in [0, 0.1) is 0 Å². The third kappa shape index (κ3) is 3.93. The van der Waals surface area contributed by atoms with Gasteiger partial charge in [-0.25, -0.2) is 14.2 Å². The fraction of sp³-hybridized carbons (Fsp3) is 0.357. The van der Waals surface area contributed by atoms with Crippen molar-refractivity contribution in [2.75, 3.05) is 18.1 Å². The molecular weight excluding hydrogens is 377 g/mol. The molecule has 25 heavy (non-hydrogen) atoms. The second-order valence-electron chi connectivity index (χ2n) is 5.26. The van der Waals surface area contributed by atoms with Crippen molar-refractivity contribution in [1.29, 1.82) is 0 Å². The zero-order valence-electron chi connectivity index (χ0n) is 12.9. The first kappa shape index (κ1) is 18.1. The smallest absolute Gasteiger partial charge is 0.312 e. The van der Waals surface area contributed by atoms with Crippen molar-refractivity contribution in [3.8, 4) is 0 Å². The number of rotatable bonds is 4. The summed E-state index contributed by atoms with van der Waals surface area (Å²) < 4.78 is 60.6. The molecule has 11 heteroatoms. The van der Waals surface area contributed by atoms with Crippen molar-refractivity contribution >= 4 is 44.6 Å². The van der Waals surface area contributed by atoms with Gasteiger partial charge in [-0.1, -0.05) is 0 Å². The lowest BCUT2D eigenvalue weighted by Crippen LogP contribution is -2.06. The van der Waals surface area contributed by atoms with Gasteiger partial charge in [0.25, 0.3) is 0 Å². The van der Waals surface area contributed by atoms with E-state index in [1.807, 2.05) is 0 Å². The molecule has 0 fully saturated rings. The Hall–Kier alpha value is -1.72. The van der Waals surface area contributed by atoms with Crippen LogP contribution in [0.4, 0.5) is 13.2 Å². The zero-order valence-corrected chi connectivity index (χ0v) is 14.6. The average molecular weight is 390 g/mol. The van der Waals surface area contributed by atoms with Crippen molar-refractivity contribution in [1.82, 2.24) is 14.5 Å². The minimum Gasteiger partial charge on any atom is -0.312 e. The number of halogens is 3. The molecule has 0 bridgehead atoms. The first-order valence-corrected chi connectivity index (χ1v) is 9.37. The minimum absolute atomic E-state index is 0.0722. The summed E-state index contributed by atoms with van der Waals surface area (Å²) in [6.45, 7) is 0.658. The standard InChI is InChI=1S/C14H13F3N4O2S2/c1-21-12(8(7-25(22)23)4-11-18-2-3-24-11)20-10-5-9(14(15,16)17)6-19-13(10)21/h4-6H,2-3,7H2,1H3,(H,22,23)/b8-4+. The molecule has 2 aromatic heterocycles. The number of thioether (sulfide) groups is 1. The molecule has 0 aliphatic carbocycles. The van der Waals surface area contributed by atoms with Crippen LogP contribution in [-0.4, -0.2) is 46.4 Å². The number of alkyl halides is 3. The summed E-state index contributed by atoms with van der Waals surface area (Å²) in [5.74, 6) is 0.905. The van der Waals surface area contributed by atoms with Crippen LogP contribution < -0.4 is 0 Å². The number of hydrogen-bond donors (Lipinski definition) is 1. The predicted octanol–water partition coefficient (Wildman–Crippen LogP) is 2.74. The third-order valence-corrected chi connectivity index (χ3v) is 5.00. The molecule has 1 aliphatic rings. The maximum Gasteiger partial charge on any atom is 0.417 e. The third-order valence-electron chi connectivity index (χ3n) is 3.51. The normalized spacial score (nSPS) is 17.2. The van der Waals surface area contributed by atoms with Gasteiger partial charge < -0.3 is 9.12 Å². The number of pyridine rings is 1. The van der Waals surface area contributed by atoms with Gasteiger partial charge in [-0.3, -0.25) is 4.99 Å². The van der Waals surface area contributed by atoms with Crippen LogP contribution in [0.1, 0.15) is 11.4 Å². The number of hydrogen-bond acceptors (Lipinski definition) is 5. The van der Waals surface area contributed by atoms with Gasteiger partial charge in [0.1, 0.15) is 11.3 Å². The van der Waals surface area contributed by atoms with Crippen LogP contribution in [0.2, 0.25) is 0 Å². The number of aromatic nitrogens is 3. The van der Waals surface area contributed by atoms with E-state index in [1.54, 1.807) is 13.1 Å². The quantitative estimate of drug-likeness (QED) is 0.812. The molecule has 1 atom stereocenters. The van der Waals surface area contributed by atoms with Crippen molar-refractivity contribution in [2.45, 2.75) is 6.18 Å². The topological polar surface area (TPSA) is 80.4 Å². The number of nitrogens with zero attached hydrogens (tertiary/aromatic N) is 4. The fourth-order valence-electron chi connectivity index (χ4n) is 2.41. The predicted molar refractivity (Wildman–Crippen MR) is 91.9 cm³/mol. The molecule has 1 unspecified atom stereocenters. The van der Waals surface area contributed by atoms with Crippen LogP contribution in [0.15, 0.2) is 23.3 Å². The lowest BCUT2D eigenvalue weighted by Gasteiger charge is -2.06. The van der Waals surface area contributed by atoms with Gasteiger partial charge in [-0.15, -0.1) is 11.8 Å². The highest BCUT2D eigenvalue weighted by Gasteiger charge is 2.32. The van der Waals surface area contributed by atoms with E-state index in [4.69, 9.17) is 0 Å². The summed E-state index contributed by atoms with van der Waals surface area (Å²) in [4.78, 5) is 12.3. The van der Waals surface area contributed by atoms with E-state index in [1.165, 1.54) is 16.3 Å². The highest BCUT2D eigenvalue weighted by Crippen LogP contribution is 2.31. The van der Waals surface area contributed by atoms with Crippen LogP contribution in [0.5, 0.6) is 0 Å². The number of aliphatic imine (C=N–C) groups is 1. The SMILES string of the molecule is Cn1c(/C(=C/C2=NCCS2)CS(=O)O)nc2cc(C(F)(F)F)cnc21. The number of aryl methyl sites for hydroxylation is 1. The second-order valence-corrected chi connectivity index (χ2v) is 7.31. The van der Waals surface area contributed by atoms with Crippen LogP contribution in [-0.2, 0) is 24.3 Å². The molecule has 0 aromatic carbocycles. The Morgan fingerprint density at radius 1 is 1.52 bits per heavy atom. The van der Waals surface area contributed by atoms with E-state index in [0.717, 1.165) is 18.0 Å². The maximum atomic E-state index is 12.8. The van der Waals surface area contributed by atoms with Gasteiger partial charge in [0, 0.05) is 31.1 Å². The average Bonchev–Trinajstić information content (AvgIpc) is 3.13. The Kier molecular flexibility index (Phi) is 4.98.